The van der Waals surface area contributed by atoms with Gasteiger partial charge in [0.15, 0.2) is 6.61 Å². The van der Waals surface area contributed by atoms with Gasteiger partial charge in [0.2, 0.25) is 0 Å². The number of halogens is 1. The van der Waals surface area contributed by atoms with Gasteiger partial charge in [0.1, 0.15) is 5.82 Å². The van der Waals surface area contributed by atoms with Gasteiger partial charge in [-0.1, -0.05) is 6.07 Å². The Kier molecular flexibility index (Phi) is 4.91. The summed E-state index contributed by atoms with van der Waals surface area (Å²) in [5.41, 5.74) is 0.704. The summed E-state index contributed by atoms with van der Waals surface area (Å²) < 4.78 is 19.3. The quantitative estimate of drug-likeness (QED) is 0.811. The van der Waals surface area contributed by atoms with E-state index in [-0.39, 0.29) is 42.0 Å². The number of carbonyl (C=O) groups is 1. The molecule has 1 amide bonds. The van der Waals surface area contributed by atoms with Gasteiger partial charge in [-0.3, -0.25) is 4.79 Å². The maximum Gasteiger partial charge on any atom is 0.316 e. The molecule has 1 aromatic carbocycles. The van der Waals surface area contributed by atoms with Crippen LogP contribution >= 0.6 is 0 Å². The van der Waals surface area contributed by atoms with Crippen LogP contribution < -0.4 is 9.64 Å². The molecule has 2 aliphatic rings. The molecule has 2 fully saturated rings. The fourth-order valence-electron chi connectivity index (χ4n) is 4.69. The molecule has 148 valence electrons. The second kappa shape index (κ2) is 7.37. The third-order valence-corrected chi connectivity index (χ3v) is 5.71. The molecule has 0 spiro atoms. The molecule has 4 rings (SSSR count). The van der Waals surface area contributed by atoms with Gasteiger partial charge in [-0.05, 0) is 57.4 Å². The molecule has 0 unspecified atom stereocenters. The normalized spacial score (nSPS) is 23.4. The number of fused-ring (bicyclic) bond motifs is 1. The van der Waals surface area contributed by atoms with Gasteiger partial charge in [0.25, 0.3) is 5.91 Å². The Balaban J connectivity index is 1.52. The molecule has 0 bridgehead atoms. The number of hydrogen-bond donors (Lipinski definition) is 0. The predicted molar refractivity (Wildman–Crippen MR) is 104 cm³/mol. The Bertz CT molecular complexity index is 845. The van der Waals surface area contributed by atoms with Crippen molar-refractivity contribution in [2.24, 2.45) is 0 Å². The fourth-order valence-corrected chi connectivity index (χ4v) is 4.69. The number of piperidine rings is 1. The third kappa shape index (κ3) is 3.53. The lowest BCUT2D eigenvalue weighted by Crippen LogP contribution is -2.53. The Hall–Kier alpha value is -2.70. The van der Waals surface area contributed by atoms with Crippen LogP contribution in [-0.4, -0.2) is 51.5 Å². The van der Waals surface area contributed by atoms with Crippen LogP contribution in [0.5, 0.6) is 6.01 Å². The third-order valence-electron chi connectivity index (χ3n) is 5.71. The minimum absolute atomic E-state index is 0.0564. The number of amides is 1. The number of benzene rings is 1. The maximum atomic E-state index is 13.8. The first-order chi connectivity index (χ1) is 13.5. The van der Waals surface area contributed by atoms with E-state index in [2.05, 4.69) is 28.7 Å². The van der Waals surface area contributed by atoms with Gasteiger partial charge >= 0.3 is 6.01 Å². The molecule has 0 N–H and O–H groups in total. The minimum Gasteiger partial charge on any atom is -0.453 e. The first kappa shape index (κ1) is 18.7. The van der Waals surface area contributed by atoms with E-state index in [1.807, 2.05) is 11.0 Å². The highest BCUT2D eigenvalue weighted by Crippen LogP contribution is 2.43. The van der Waals surface area contributed by atoms with Crippen molar-refractivity contribution in [3.63, 3.8) is 0 Å². The number of nitrogens with zero attached hydrogens (tertiary/aromatic N) is 4. The van der Waals surface area contributed by atoms with E-state index in [1.54, 1.807) is 30.6 Å². The zero-order valence-corrected chi connectivity index (χ0v) is 16.2. The van der Waals surface area contributed by atoms with E-state index in [4.69, 9.17) is 4.74 Å². The molecule has 0 radical (unpaired) electrons. The molecule has 3 heterocycles. The van der Waals surface area contributed by atoms with E-state index in [0.29, 0.717) is 6.54 Å². The summed E-state index contributed by atoms with van der Waals surface area (Å²) in [4.78, 5) is 25.1. The van der Waals surface area contributed by atoms with Crippen molar-refractivity contribution in [2.45, 2.75) is 50.7 Å². The standard InChI is InChI=1S/C21H25FN4O2/c1-21(2)13-18-17(26(21)16-7-3-6-15(22)12-16)8-4-11-25(18)19(27)14-28-20-23-9-5-10-24-20/h3,5-7,9-10,12,17-18H,4,8,11,13-14H2,1-2H3/t17-,18-/m0/s1. The molecule has 2 atom stereocenters. The largest absolute Gasteiger partial charge is 0.453 e. The molecule has 0 aliphatic carbocycles. The maximum absolute atomic E-state index is 13.8. The van der Waals surface area contributed by atoms with Crippen molar-refractivity contribution in [3.8, 4) is 6.01 Å². The second-order valence-electron chi connectivity index (χ2n) is 8.05. The van der Waals surface area contributed by atoms with E-state index in [9.17, 15) is 9.18 Å². The summed E-state index contributed by atoms with van der Waals surface area (Å²) in [6.07, 6.45) is 5.90. The molecule has 7 heteroatoms. The highest BCUT2D eigenvalue weighted by Gasteiger charge is 2.50. The van der Waals surface area contributed by atoms with Crippen LogP contribution in [0.4, 0.5) is 10.1 Å². The van der Waals surface area contributed by atoms with Gasteiger partial charge in [0.05, 0.1) is 12.1 Å². The summed E-state index contributed by atoms with van der Waals surface area (Å²) in [6, 6.07) is 8.90. The number of carbonyl (C=O) groups excluding carboxylic acids is 1. The zero-order valence-electron chi connectivity index (χ0n) is 16.2. The van der Waals surface area contributed by atoms with Crippen LogP contribution in [0.25, 0.3) is 0 Å². The molecule has 28 heavy (non-hydrogen) atoms. The van der Waals surface area contributed by atoms with Crippen molar-refractivity contribution in [3.05, 3.63) is 48.5 Å². The van der Waals surface area contributed by atoms with E-state index >= 15 is 0 Å². The van der Waals surface area contributed by atoms with Gasteiger partial charge in [0, 0.05) is 30.2 Å². The van der Waals surface area contributed by atoms with Crippen molar-refractivity contribution < 1.29 is 13.9 Å². The average molecular weight is 384 g/mol. The zero-order chi connectivity index (χ0) is 19.7. The highest BCUT2D eigenvalue weighted by atomic mass is 19.1. The molecule has 1 aromatic heterocycles. The Morgan fingerprint density at radius 2 is 2.04 bits per heavy atom. The van der Waals surface area contributed by atoms with Crippen LogP contribution in [0.3, 0.4) is 0 Å². The van der Waals surface area contributed by atoms with Crippen molar-refractivity contribution in [1.29, 1.82) is 0 Å². The summed E-state index contributed by atoms with van der Waals surface area (Å²) >= 11 is 0. The molecule has 6 nitrogen and oxygen atoms in total. The number of rotatable bonds is 4. The Morgan fingerprint density at radius 1 is 1.25 bits per heavy atom. The second-order valence-corrected chi connectivity index (χ2v) is 8.05. The Labute approximate surface area is 164 Å². The van der Waals surface area contributed by atoms with Crippen molar-refractivity contribution >= 4 is 11.6 Å². The van der Waals surface area contributed by atoms with Crippen molar-refractivity contribution in [2.75, 3.05) is 18.1 Å². The first-order valence-corrected chi connectivity index (χ1v) is 9.70. The number of likely N-dealkylation sites (tertiary alicyclic amines) is 1. The highest BCUT2D eigenvalue weighted by molar-refractivity contribution is 5.78. The summed E-state index contributed by atoms with van der Waals surface area (Å²) in [5, 5.41) is 0. The van der Waals surface area contributed by atoms with Crippen LogP contribution in [0, 0.1) is 5.82 Å². The fraction of sp³-hybridized carbons (Fsp3) is 0.476. The predicted octanol–water partition coefficient (Wildman–Crippen LogP) is 3.04. The Morgan fingerprint density at radius 3 is 2.79 bits per heavy atom. The number of hydrogen-bond acceptors (Lipinski definition) is 5. The van der Waals surface area contributed by atoms with E-state index in [0.717, 1.165) is 24.9 Å². The van der Waals surface area contributed by atoms with E-state index < -0.39 is 0 Å². The molecule has 2 saturated heterocycles. The number of ether oxygens (including phenoxy) is 1. The van der Waals surface area contributed by atoms with Gasteiger partial charge in [-0.15, -0.1) is 0 Å². The summed E-state index contributed by atoms with van der Waals surface area (Å²) in [6.45, 7) is 4.96. The smallest absolute Gasteiger partial charge is 0.316 e. The molecule has 2 aliphatic heterocycles. The van der Waals surface area contributed by atoms with Crippen LogP contribution in [0.1, 0.15) is 33.1 Å². The monoisotopic (exact) mass is 384 g/mol. The minimum atomic E-state index is -0.239. The lowest BCUT2D eigenvalue weighted by Gasteiger charge is -2.42. The topological polar surface area (TPSA) is 58.6 Å². The molecular formula is C21H25FN4O2. The van der Waals surface area contributed by atoms with Crippen LogP contribution in [0.2, 0.25) is 0 Å². The SMILES string of the molecule is CC1(C)C[C@H]2[C@H](CCCN2C(=O)COc2ncccn2)N1c1cccc(F)c1. The van der Waals surface area contributed by atoms with Crippen LogP contribution in [-0.2, 0) is 4.79 Å². The molecular weight excluding hydrogens is 359 g/mol. The number of aromatic nitrogens is 2. The van der Waals surface area contributed by atoms with Crippen molar-refractivity contribution in [1.82, 2.24) is 14.9 Å². The lowest BCUT2D eigenvalue weighted by atomic mass is 9.94. The molecule has 0 saturated carbocycles. The molecule has 2 aromatic rings. The summed E-state index contributed by atoms with van der Waals surface area (Å²) in [5.74, 6) is -0.296. The van der Waals surface area contributed by atoms with Crippen LogP contribution in [0.15, 0.2) is 42.7 Å². The average Bonchev–Trinajstić information content (AvgIpc) is 2.96. The van der Waals surface area contributed by atoms with Gasteiger partial charge in [-0.2, -0.15) is 0 Å². The first-order valence-electron chi connectivity index (χ1n) is 9.70. The number of anilines is 1. The van der Waals surface area contributed by atoms with Gasteiger partial charge in [-0.25, -0.2) is 14.4 Å². The lowest BCUT2D eigenvalue weighted by molar-refractivity contribution is -0.137. The van der Waals surface area contributed by atoms with Gasteiger partial charge < -0.3 is 14.5 Å². The summed E-state index contributed by atoms with van der Waals surface area (Å²) in [7, 11) is 0. The van der Waals surface area contributed by atoms with E-state index in [1.165, 1.54) is 6.07 Å².